The van der Waals surface area contributed by atoms with Gasteiger partial charge < -0.3 is 4.98 Å². The Morgan fingerprint density at radius 1 is 0.895 bits per heavy atom. The molecule has 0 saturated carbocycles. The van der Waals surface area contributed by atoms with E-state index in [1.807, 2.05) is 37.3 Å². The van der Waals surface area contributed by atoms with Gasteiger partial charge in [-0.2, -0.15) is 0 Å². The minimum atomic E-state index is -0.653. The van der Waals surface area contributed by atoms with Crippen LogP contribution in [0.25, 0.3) is 10.9 Å². The predicted molar refractivity (Wildman–Crippen MR) is 148 cm³/mol. The third-order valence-electron chi connectivity index (χ3n) is 7.69. The molecule has 38 heavy (non-hydrogen) atoms. The van der Waals surface area contributed by atoms with Gasteiger partial charge in [-0.25, -0.2) is 0 Å². The molecule has 0 radical (unpaired) electrons. The van der Waals surface area contributed by atoms with E-state index in [0.29, 0.717) is 28.3 Å². The minimum Gasteiger partial charge on any atom is -0.358 e. The maximum Gasteiger partial charge on any atom is 0.262 e. The van der Waals surface area contributed by atoms with Crippen LogP contribution < -0.4 is 0 Å². The summed E-state index contributed by atoms with van der Waals surface area (Å²) in [6, 6.07) is 19.2. The lowest BCUT2D eigenvalue weighted by Gasteiger charge is -2.27. The average molecular weight is 526 g/mol. The number of H-pyrrole nitrogens is 1. The van der Waals surface area contributed by atoms with Gasteiger partial charge in [-0.1, -0.05) is 54.4 Å². The number of nitrogens with zero attached hydrogens (tertiary/aromatic N) is 2. The maximum atomic E-state index is 13.5. The lowest BCUT2D eigenvalue weighted by Crippen LogP contribution is -2.35. The first kappa shape index (κ1) is 24.6. The van der Waals surface area contributed by atoms with E-state index in [1.165, 1.54) is 11.3 Å². The van der Waals surface area contributed by atoms with Crippen molar-refractivity contribution in [2.45, 2.75) is 32.2 Å². The normalized spacial score (nSPS) is 16.7. The molecule has 1 unspecified atom stereocenters. The van der Waals surface area contributed by atoms with Gasteiger partial charge in [0.15, 0.2) is 5.78 Å². The number of aromatic nitrogens is 1. The van der Waals surface area contributed by atoms with E-state index in [4.69, 9.17) is 11.6 Å². The van der Waals surface area contributed by atoms with Crippen molar-refractivity contribution in [3.63, 3.8) is 0 Å². The van der Waals surface area contributed by atoms with Gasteiger partial charge in [0.2, 0.25) is 0 Å². The van der Waals surface area contributed by atoms with Crippen molar-refractivity contribution in [1.29, 1.82) is 0 Å². The molecule has 3 aromatic carbocycles. The zero-order chi connectivity index (χ0) is 26.4. The number of likely N-dealkylation sites (tertiary alicyclic amines) is 1. The summed E-state index contributed by atoms with van der Waals surface area (Å²) >= 11 is 6.16. The summed E-state index contributed by atoms with van der Waals surface area (Å²) in [5, 5.41) is 1.42. The summed E-state index contributed by atoms with van der Waals surface area (Å²) in [6.45, 7) is 4.25. The van der Waals surface area contributed by atoms with Crippen LogP contribution in [0.15, 0.2) is 66.7 Å². The fourth-order valence-electron chi connectivity index (χ4n) is 5.86. The molecule has 2 aliphatic rings. The number of rotatable bonds is 6. The average Bonchev–Trinajstić information content (AvgIpc) is 3.39. The highest BCUT2D eigenvalue weighted by molar-refractivity contribution is 6.30. The highest BCUT2D eigenvalue weighted by Crippen LogP contribution is 2.38. The van der Waals surface area contributed by atoms with Gasteiger partial charge in [-0.05, 0) is 74.3 Å². The predicted octanol–water partition coefficient (Wildman–Crippen LogP) is 6.18. The lowest BCUT2D eigenvalue weighted by molar-refractivity contribution is 0.0608. The summed E-state index contributed by atoms with van der Waals surface area (Å²) in [5.41, 5.74) is 4.68. The van der Waals surface area contributed by atoms with Crippen LogP contribution in [0.4, 0.5) is 0 Å². The first-order valence-corrected chi connectivity index (χ1v) is 13.4. The number of carbonyl (C=O) groups excluding carboxylic acids is 3. The lowest BCUT2D eigenvalue weighted by atomic mass is 9.95. The van der Waals surface area contributed by atoms with Crippen LogP contribution in [0.1, 0.15) is 73.2 Å². The summed E-state index contributed by atoms with van der Waals surface area (Å²) in [7, 11) is 0. The third-order valence-corrected chi connectivity index (χ3v) is 7.94. The van der Waals surface area contributed by atoms with Crippen LogP contribution in [0.2, 0.25) is 5.02 Å². The number of fused-ring (bicyclic) bond motifs is 2. The van der Waals surface area contributed by atoms with Crippen LogP contribution in [-0.4, -0.2) is 52.0 Å². The Bertz CT molecular complexity index is 1530. The highest BCUT2D eigenvalue weighted by Gasteiger charge is 2.41. The number of Topliss-reactive ketones (excluding diaryl/α,β-unsaturated/α-hetero) is 1. The van der Waals surface area contributed by atoms with Crippen molar-refractivity contribution < 1.29 is 14.4 Å². The topological polar surface area (TPSA) is 73.5 Å². The molecule has 2 aliphatic heterocycles. The number of aryl methyl sites for hydroxylation is 1. The number of piperidine rings is 1. The van der Waals surface area contributed by atoms with Crippen molar-refractivity contribution in [2.24, 2.45) is 0 Å². The Morgan fingerprint density at radius 3 is 2.18 bits per heavy atom. The summed E-state index contributed by atoms with van der Waals surface area (Å²) in [5.74, 6) is -0.547. The van der Waals surface area contributed by atoms with Gasteiger partial charge in [0.25, 0.3) is 11.8 Å². The number of benzene rings is 3. The number of hydrogen-bond acceptors (Lipinski definition) is 4. The Labute approximate surface area is 226 Å². The molecule has 0 aliphatic carbocycles. The Morgan fingerprint density at radius 2 is 1.53 bits per heavy atom. The van der Waals surface area contributed by atoms with E-state index in [-0.39, 0.29) is 17.6 Å². The third kappa shape index (κ3) is 4.24. The van der Waals surface area contributed by atoms with E-state index in [0.717, 1.165) is 53.7 Å². The molecule has 1 fully saturated rings. The van der Waals surface area contributed by atoms with E-state index < -0.39 is 6.04 Å². The van der Waals surface area contributed by atoms with E-state index >= 15 is 0 Å². The van der Waals surface area contributed by atoms with Crippen molar-refractivity contribution >= 4 is 40.1 Å². The fraction of sp³-hybridized carbons (Fsp3) is 0.258. The van der Waals surface area contributed by atoms with Gasteiger partial charge in [0.05, 0.1) is 23.7 Å². The molecule has 6 rings (SSSR count). The number of ketones is 1. The maximum absolute atomic E-state index is 13.5. The quantitative estimate of drug-likeness (QED) is 0.241. The van der Waals surface area contributed by atoms with Gasteiger partial charge in [0, 0.05) is 27.2 Å². The molecule has 3 heterocycles. The second-order valence-electron chi connectivity index (χ2n) is 10.2. The highest BCUT2D eigenvalue weighted by atomic mass is 35.5. The molecule has 4 aromatic rings. The number of hydrogen-bond donors (Lipinski definition) is 1. The van der Waals surface area contributed by atoms with Gasteiger partial charge in [-0.15, -0.1) is 0 Å². The SMILES string of the molecule is Cc1[nH]c2cc(C(c3ccc(Cl)cc3)N3C(=O)c4ccccc4C3=O)ccc2c1C(=O)CN1CCCCC1. The standard InChI is InChI=1S/C31H28ClN3O3/c1-19-28(27(36)18-34-15-5-2-6-16-34)25-14-11-21(17-26(25)33-19)29(20-9-12-22(32)13-10-20)35-30(37)23-7-3-4-8-24(23)31(35)38/h3-4,7-14,17,29,33H,2,5-6,15-16,18H2,1H3. The summed E-state index contributed by atoms with van der Waals surface area (Å²) in [4.78, 5) is 47.2. The number of amides is 2. The van der Waals surface area contributed by atoms with E-state index in [2.05, 4.69) is 9.88 Å². The molecule has 2 amide bonds. The first-order valence-electron chi connectivity index (χ1n) is 13.0. The van der Waals surface area contributed by atoms with Crippen molar-refractivity contribution in [2.75, 3.05) is 19.6 Å². The van der Waals surface area contributed by atoms with Crippen LogP contribution in [0.3, 0.4) is 0 Å². The number of carbonyl (C=O) groups is 3. The van der Waals surface area contributed by atoms with Crippen LogP contribution in [0, 0.1) is 6.92 Å². The Balaban J connectivity index is 1.41. The van der Waals surface area contributed by atoms with Gasteiger partial charge in [-0.3, -0.25) is 24.2 Å². The minimum absolute atomic E-state index is 0.109. The van der Waals surface area contributed by atoms with E-state index in [9.17, 15) is 14.4 Å². The Kier molecular flexibility index (Phi) is 6.38. The van der Waals surface area contributed by atoms with E-state index in [1.54, 1.807) is 36.4 Å². The van der Waals surface area contributed by atoms with Gasteiger partial charge in [0.1, 0.15) is 0 Å². The number of imide groups is 1. The summed E-state index contributed by atoms with van der Waals surface area (Å²) < 4.78 is 0. The zero-order valence-electron chi connectivity index (χ0n) is 21.2. The molecule has 1 saturated heterocycles. The fourth-order valence-corrected chi connectivity index (χ4v) is 5.98. The second kappa shape index (κ2) is 9.86. The second-order valence-corrected chi connectivity index (χ2v) is 10.6. The monoisotopic (exact) mass is 525 g/mol. The van der Waals surface area contributed by atoms with Crippen LogP contribution in [0.5, 0.6) is 0 Å². The summed E-state index contributed by atoms with van der Waals surface area (Å²) in [6.07, 6.45) is 3.49. The molecule has 1 N–H and O–H groups in total. The Hall–Kier alpha value is -3.74. The molecule has 6 nitrogen and oxygen atoms in total. The van der Waals surface area contributed by atoms with Crippen LogP contribution in [-0.2, 0) is 0 Å². The number of halogens is 1. The molecule has 1 aromatic heterocycles. The van der Waals surface area contributed by atoms with Gasteiger partial charge >= 0.3 is 0 Å². The van der Waals surface area contributed by atoms with Crippen molar-refractivity contribution in [1.82, 2.24) is 14.8 Å². The molecular weight excluding hydrogens is 498 g/mol. The number of aromatic amines is 1. The molecule has 192 valence electrons. The molecule has 0 bridgehead atoms. The molecular formula is C31H28ClN3O3. The zero-order valence-corrected chi connectivity index (χ0v) is 21.9. The molecule has 0 spiro atoms. The number of nitrogens with one attached hydrogen (secondary N) is 1. The first-order chi connectivity index (χ1) is 18.4. The van der Waals surface area contributed by atoms with Crippen LogP contribution >= 0.6 is 11.6 Å². The smallest absolute Gasteiger partial charge is 0.262 e. The molecule has 1 atom stereocenters. The molecule has 7 heteroatoms. The largest absolute Gasteiger partial charge is 0.358 e. The van der Waals surface area contributed by atoms with Crippen molar-refractivity contribution in [3.8, 4) is 0 Å². The van der Waals surface area contributed by atoms with Crippen molar-refractivity contribution in [3.05, 3.63) is 105 Å².